The van der Waals surface area contributed by atoms with Gasteiger partial charge in [0.15, 0.2) is 0 Å². The van der Waals surface area contributed by atoms with Crippen LogP contribution in [0.3, 0.4) is 0 Å². The van der Waals surface area contributed by atoms with Crippen LogP contribution < -0.4 is 11.3 Å². The van der Waals surface area contributed by atoms with Crippen LogP contribution in [0.5, 0.6) is 0 Å². The average Bonchev–Trinajstić information content (AvgIpc) is 2.16. The van der Waals surface area contributed by atoms with Crippen molar-refractivity contribution in [2.24, 2.45) is 23.6 Å². The van der Waals surface area contributed by atoms with Crippen LogP contribution in [0.25, 0.3) is 0 Å². The Kier molecular flexibility index (Phi) is 5.73. The van der Waals surface area contributed by atoms with Gasteiger partial charge in [-0.25, -0.2) is 0 Å². The van der Waals surface area contributed by atoms with E-state index in [2.05, 4.69) is 33.1 Å². The van der Waals surface area contributed by atoms with E-state index in [4.69, 9.17) is 10.6 Å². The largest absolute Gasteiger partial charge is 0.377 e. The lowest BCUT2D eigenvalue weighted by Gasteiger charge is -2.36. The van der Waals surface area contributed by atoms with E-state index in [1.165, 1.54) is 19.3 Å². The number of hydrogen-bond donors (Lipinski definition) is 2. The van der Waals surface area contributed by atoms with Crippen molar-refractivity contribution in [3.8, 4) is 0 Å². The van der Waals surface area contributed by atoms with E-state index >= 15 is 0 Å². The molecule has 0 spiro atoms. The molecule has 1 saturated carbocycles. The zero-order chi connectivity index (χ0) is 12.1. The van der Waals surface area contributed by atoms with E-state index in [9.17, 15) is 0 Å². The molecule has 0 heterocycles. The van der Waals surface area contributed by atoms with Gasteiger partial charge in [-0.05, 0) is 50.9 Å². The maximum absolute atomic E-state index is 5.68. The SMILES string of the molecule is CC1CC(C)CC(C(COC(C)C)NN)C1. The van der Waals surface area contributed by atoms with Gasteiger partial charge in [-0.1, -0.05) is 13.8 Å². The van der Waals surface area contributed by atoms with Crippen molar-refractivity contribution in [1.82, 2.24) is 5.43 Å². The molecule has 0 bridgehead atoms. The summed E-state index contributed by atoms with van der Waals surface area (Å²) in [6.07, 6.45) is 4.20. The Balaban J connectivity index is 2.44. The highest BCUT2D eigenvalue weighted by molar-refractivity contribution is 4.82. The second-order valence-corrected chi connectivity index (χ2v) is 5.83. The quantitative estimate of drug-likeness (QED) is 0.561. The first kappa shape index (κ1) is 13.9. The summed E-state index contributed by atoms with van der Waals surface area (Å²) in [7, 11) is 0. The lowest BCUT2D eigenvalue weighted by molar-refractivity contribution is 0.0350. The summed E-state index contributed by atoms with van der Waals surface area (Å²) in [5.41, 5.74) is 2.94. The molecule has 1 aliphatic rings. The molecule has 1 fully saturated rings. The number of nitrogens with one attached hydrogen (secondary N) is 1. The highest BCUT2D eigenvalue weighted by Crippen LogP contribution is 2.34. The van der Waals surface area contributed by atoms with Gasteiger partial charge >= 0.3 is 0 Å². The molecule has 0 aromatic rings. The van der Waals surface area contributed by atoms with Crippen LogP contribution in [0.15, 0.2) is 0 Å². The predicted molar refractivity (Wildman–Crippen MR) is 67.9 cm³/mol. The number of hydrogen-bond acceptors (Lipinski definition) is 3. The van der Waals surface area contributed by atoms with E-state index < -0.39 is 0 Å². The maximum Gasteiger partial charge on any atom is 0.0639 e. The molecule has 16 heavy (non-hydrogen) atoms. The minimum Gasteiger partial charge on any atom is -0.377 e. The summed E-state index contributed by atoms with van der Waals surface area (Å²) in [6, 6.07) is 0.313. The lowest BCUT2D eigenvalue weighted by Crippen LogP contribution is -2.46. The second kappa shape index (κ2) is 6.58. The summed E-state index contributed by atoms with van der Waals surface area (Å²) in [5.74, 6) is 7.97. The van der Waals surface area contributed by atoms with Gasteiger partial charge in [0.05, 0.1) is 12.7 Å². The van der Waals surface area contributed by atoms with E-state index in [0.29, 0.717) is 12.0 Å². The average molecular weight is 228 g/mol. The van der Waals surface area contributed by atoms with Gasteiger partial charge in [0.2, 0.25) is 0 Å². The van der Waals surface area contributed by atoms with Crippen molar-refractivity contribution in [1.29, 1.82) is 0 Å². The molecule has 3 unspecified atom stereocenters. The zero-order valence-electron chi connectivity index (χ0n) is 11.2. The third-order valence-corrected chi connectivity index (χ3v) is 3.61. The van der Waals surface area contributed by atoms with Crippen LogP contribution in [0.1, 0.15) is 47.0 Å². The Bertz CT molecular complexity index is 186. The first-order valence-corrected chi connectivity index (χ1v) is 6.60. The maximum atomic E-state index is 5.68. The fraction of sp³-hybridized carbons (Fsp3) is 1.00. The molecule has 3 atom stereocenters. The standard InChI is InChI=1S/C13H28N2O/c1-9(2)16-8-13(15-14)12-6-10(3)5-11(4)7-12/h9-13,15H,5-8,14H2,1-4H3. The topological polar surface area (TPSA) is 47.3 Å². The van der Waals surface area contributed by atoms with Crippen molar-refractivity contribution < 1.29 is 4.74 Å². The van der Waals surface area contributed by atoms with Crippen LogP contribution in [0, 0.1) is 17.8 Å². The molecule has 0 radical (unpaired) electrons. The van der Waals surface area contributed by atoms with E-state index in [1.54, 1.807) is 0 Å². The Morgan fingerprint density at radius 2 is 1.75 bits per heavy atom. The van der Waals surface area contributed by atoms with E-state index in [0.717, 1.165) is 18.4 Å². The van der Waals surface area contributed by atoms with Crippen molar-refractivity contribution in [3.63, 3.8) is 0 Å². The Morgan fingerprint density at radius 1 is 1.19 bits per heavy atom. The minimum atomic E-state index is 0.286. The Hall–Kier alpha value is -0.120. The third kappa shape index (κ3) is 4.40. The van der Waals surface area contributed by atoms with Crippen molar-refractivity contribution in [2.45, 2.75) is 59.1 Å². The molecule has 96 valence electrons. The van der Waals surface area contributed by atoms with Crippen molar-refractivity contribution in [3.05, 3.63) is 0 Å². The van der Waals surface area contributed by atoms with Gasteiger partial charge in [-0.2, -0.15) is 0 Å². The smallest absolute Gasteiger partial charge is 0.0639 e. The van der Waals surface area contributed by atoms with Gasteiger partial charge in [-0.3, -0.25) is 11.3 Å². The molecule has 0 aliphatic heterocycles. The van der Waals surface area contributed by atoms with Gasteiger partial charge in [-0.15, -0.1) is 0 Å². The van der Waals surface area contributed by atoms with Gasteiger partial charge < -0.3 is 4.74 Å². The molecule has 3 nitrogen and oxygen atoms in total. The number of nitrogens with two attached hydrogens (primary N) is 1. The molecule has 1 aliphatic carbocycles. The number of hydrazine groups is 1. The number of ether oxygens (including phenoxy) is 1. The summed E-state index contributed by atoms with van der Waals surface area (Å²) in [5, 5.41) is 0. The van der Waals surface area contributed by atoms with Crippen molar-refractivity contribution in [2.75, 3.05) is 6.61 Å². The van der Waals surface area contributed by atoms with Crippen LogP contribution in [0.2, 0.25) is 0 Å². The van der Waals surface area contributed by atoms with E-state index in [-0.39, 0.29) is 6.10 Å². The first-order chi connectivity index (χ1) is 7.52. The van der Waals surface area contributed by atoms with Gasteiger partial charge in [0.25, 0.3) is 0 Å². The fourth-order valence-corrected chi connectivity index (χ4v) is 2.95. The number of rotatable bonds is 5. The van der Waals surface area contributed by atoms with Gasteiger partial charge in [0.1, 0.15) is 0 Å². The molecule has 3 heteroatoms. The summed E-state index contributed by atoms with van der Waals surface area (Å²) in [6.45, 7) is 9.57. The highest BCUT2D eigenvalue weighted by Gasteiger charge is 2.29. The highest BCUT2D eigenvalue weighted by atomic mass is 16.5. The predicted octanol–water partition coefficient (Wildman–Crippen LogP) is 2.32. The molecule has 0 aromatic carbocycles. The van der Waals surface area contributed by atoms with Crippen LogP contribution in [0.4, 0.5) is 0 Å². The summed E-state index contributed by atoms with van der Waals surface area (Å²) < 4.78 is 5.68. The molecule has 3 N–H and O–H groups in total. The lowest BCUT2D eigenvalue weighted by atomic mass is 9.74. The Labute approximate surface area is 100 Å². The van der Waals surface area contributed by atoms with Crippen LogP contribution >= 0.6 is 0 Å². The normalized spacial score (nSPS) is 33.0. The van der Waals surface area contributed by atoms with Gasteiger partial charge in [0, 0.05) is 6.04 Å². The fourth-order valence-electron chi connectivity index (χ4n) is 2.95. The molecule has 0 amide bonds. The van der Waals surface area contributed by atoms with E-state index in [1.807, 2.05) is 0 Å². The third-order valence-electron chi connectivity index (χ3n) is 3.61. The van der Waals surface area contributed by atoms with Crippen molar-refractivity contribution >= 4 is 0 Å². The molecule has 0 aromatic heterocycles. The minimum absolute atomic E-state index is 0.286. The first-order valence-electron chi connectivity index (χ1n) is 6.60. The zero-order valence-corrected chi connectivity index (χ0v) is 11.2. The molecule has 0 saturated heterocycles. The summed E-state index contributed by atoms with van der Waals surface area (Å²) in [4.78, 5) is 0. The van der Waals surface area contributed by atoms with Crippen LogP contribution in [-0.4, -0.2) is 18.8 Å². The molecular formula is C13H28N2O. The Morgan fingerprint density at radius 3 is 2.19 bits per heavy atom. The summed E-state index contributed by atoms with van der Waals surface area (Å²) >= 11 is 0. The second-order valence-electron chi connectivity index (χ2n) is 5.83. The molecular weight excluding hydrogens is 200 g/mol. The van der Waals surface area contributed by atoms with Crippen LogP contribution in [-0.2, 0) is 4.74 Å². The monoisotopic (exact) mass is 228 g/mol. The molecule has 1 rings (SSSR count).